The second-order valence-electron chi connectivity index (χ2n) is 4.95. The molecule has 2 aromatic heterocycles. The summed E-state index contributed by atoms with van der Waals surface area (Å²) in [6.45, 7) is 7.30. The van der Waals surface area contributed by atoms with Gasteiger partial charge in [0.2, 0.25) is 0 Å². The van der Waals surface area contributed by atoms with Crippen molar-refractivity contribution in [1.29, 1.82) is 0 Å². The molecular weight excluding hydrogens is 290 g/mol. The summed E-state index contributed by atoms with van der Waals surface area (Å²) in [5, 5.41) is 8.88. The van der Waals surface area contributed by atoms with E-state index in [-0.39, 0.29) is 0 Å². The lowest BCUT2D eigenvalue weighted by molar-refractivity contribution is 0.536. The van der Waals surface area contributed by atoms with E-state index in [1.165, 1.54) is 9.75 Å². The maximum Gasteiger partial charge on any atom is 0.0850 e. The molecule has 1 atom stereocenters. The molecule has 5 heteroatoms. The summed E-state index contributed by atoms with van der Waals surface area (Å²) in [5.74, 6) is 0. The van der Waals surface area contributed by atoms with Crippen molar-refractivity contribution in [2.24, 2.45) is 7.05 Å². The van der Waals surface area contributed by atoms with Crippen LogP contribution in [0.1, 0.15) is 41.0 Å². The van der Waals surface area contributed by atoms with Gasteiger partial charge in [-0.25, -0.2) is 0 Å². The van der Waals surface area contributed by atoms with Gasteiger partial charge in [0.25, 0.3) is 0 Å². The number of hydrogen-bond acceptors (Lipinski definition) is 3. The molecule has 0 saturated heterocycles. The first-order valence-electron chi connectivity index (χ1n) is 7.06. The number of hydrogen-bond donors (Lipinski definition) is 1. The summed E-state index contributed by atoms with van der Waals surface area (Å²) in [5.41, 5.74) is 2.10. The van der Waals surface area contributed by atoms with E-state index in [1.54, 1.807) is 0 Å². The molecule has 0 aromatic carbocycles. The van der Waals surface area contributed by atoms with Gasteiger partial charge in [-0.05, 0) is 32.0 Å². The van der Waals surface area contributed by atoms with E-state index >= 15 is 0 Å². The normalized spacial score (nSPS) is 12.8. The van der Waals surface area contributed by atoms with Crippen LogP contribution in [0.15, 0.2) is 12.1 Å². The number of aryl methyl sites for hydroxylation is 3. The van der Waals surface area contributed by atoms with Gasteiger partial charge < -0.3 is 5.32 Å². The average Bonchev–Trinajstić information content (AvgIpc) is 2.96. The molecule has 20 heavy (non-hydrogen) atoms. The summed E-state index contributed by atoms with van der Waals surface area (Å²) < 4.78 is 1.92. The van der Waals surface area contributed by atoms with Crippen LogP contribution in [0, 0.1) is 6.92 Å². The highest BCUT2D eigenvalue weighted by atomic mass is 35.5. The topological polar surface area (TPSA) is 29.9 Å². The van der Waals surface area contributed by atoms with E-state index < -0.39 is 0 Å². The van der Waals surface area contributed by atoms with E-state index in [1.807, 2.05) is 23.1 Å². The molecule has 110 valence electrons. The second kappa shape index (κ2) is 6.74. The first-order valence-corrected chi connectivity index (χ1v) is 8.26. The van der Waals surface area contributed by atoms with Crippen molar-refractivity contribution in [3.8, 4) is 0 Å². The molecule has 0 aliphatic carbocycles. The Morgan fingerprint density at radius 1 is 1.40 bits per heavy atom. The average molecular weight is 312 g/mol. The molecule has 0 aliphatic rings. The van der Waals surface area contributed by atoms with Crippen molar-refractivity contribution in [3.63, 3.8) is 0 Å². The molecule has 2 aromatic rings. The smallest absolute Gasteiger partial charge is 0.0850 e. The van der Waals surface area contributed by atoms with Crippen LogP contribution in [0.4, 0.5) is 0 Å². The number of rotatable bonds is 6. The molecule has 0 radical (unpaired) electrons. The summed E-state index contributed by atoms with van der Waals surface area (Å²) in [7, 11) is 1.98. The molecule has 0 amide bonds. The van der Waals surface area contributed by atoms with Gasteiger partial charge in [-0.2, -0.15) is 5.10 Å². The maximum absolute atomic E-state index is 6.46. The van der Waals surface area contributed by atoms with Crippen molar-refractivity contribution in [3.05, 3.63) is 38.3 Å². The van der Waals surface area contributed by atoms with Gasteiger partial charge in [-0.1, -0.05) is 25.4 Å². The fourth-order valence-electron chi connectivity index (χ4n) is 2.40. The van der Waals surface area contributed by atoms with Crippen LogP contribution in [-0.4, -0.2) is 16.3 Å². The Morgan fingerprint density at radius 2 is 2.15 bits per heavy atom. The van der Waals surface area contributed by atoms with Crippen molar-refractivity contribution in [1.82, 2.24) is 15.1 Å². The largest absolute Gasteiger partial charge is 0.309 e. The first kappa shape index (κ1) is 15.5. The maximum atomic E-state index is 6.46. The Hall–Kier alpha value is -0.840. The minimum absolute atomic E-state index is 0.302. The Labute approximate surface area is 130 Å². The monoisotopic (exact) mass is 311 g/mol. The second-order valence-corrected chi connectivity index (χ2v) is 6.64. The number of nitrogens with zero attached hydrogens (tertiary/aromatic N) is 2. The van der Waals surface area contributed by atoms with Crippen molar-refractivity contribution >= 4 is 22.9 Å². The van der Waals surface area contributed by atoms with Gasteiger partial charge in [0, 0.05) is 29.3 Å². The number of thiophene rings is 1. The van der Waals surface area contributed by atoms with E-state index in [0.717, 1.165) is 35.8 Å². The summed E-state index contributed by atoms with van der Waals surface area (Å²) in [6.07, 6.45) is 1.74. The lowest BCUT2D eigenvalue weighted by Crippen LogP contribution is -2.23. The van der Waals surface area contributed by atoms with Crippen LogP contribution >= 0.6 is 22.9 Å². The van der Waals surface area contributed by atoms with Crippen LogP contribution in [0.2, 0.25) is 5.02 Å². The van der Waals surface area contributed by atoms with Crippen LogP contribution in [0.5, 0.6) is 0 Å². The number of aromatic nitrogens is 2. The summed E-state index contributed by atoms with van der Waals surface area (Å²) >= 11 is 8.30. The highest BCUT2D eigenvalue weighted by Gasteiger charge is 2.19. The molecule has 1 N–H and O–H groups in total. The van der Waals surface area contributed by atoms with Gasteiger partial charge >= 0.3 is 0 Å². The lowest BCUT2D eigenvalue weighted by atomic mass is 10.1. The Kier molecular flexibility index (Phi) is 5.24. The van der Waals surface area contributed by atoms with Crippen LogP contribution in [-0.2, 0) is 19.9 Å². The molecule has 1 unspecified atom stereocenters. The van der Waals surface area contributed by atoms with E-state index in [0.29, 0.717) is 6.04 Å². The zero-order chi connectivity index (χ0) is 14.7. The van der Waals surface area contributed by atoms with Gasteiger partial charge in [-0.3, -0.25) is 4.68 Å². The number of likely N-dealkylation sites (N-methyl/N-ethyl adjacent to an activating group) is 1. The molecule has 0 aliphatic heterocycles. The van der Waals surface area contributed by atoms with Gasteiger partial charge in [0.05, 0.1) is 16.4 Å². The van der Waals surface area contributed by atoms with Crippen molar-refractivity contribution in [2.45, 2.75) is 39.7 Å². The summed E-state index contributed by atoms with van der Waals surface area (Å²) in [4.78, 5) is 2.70. The standard InChI is InChI=1S/C15H22ClN3S/c1-5-11-15(16)13(19(4)18-11)9-12(17-6-2)14-8-7-10(3)20-14/h7-8,12,17H,5-6,9H2,1-4H3. The number of nitrogens with one attached hydrogen (secondary N) is 1. The molecule has 3 nitrogen and oxygen atoms in total. The molecule has 2 rings (SSSR count). The molecule has 0 spiro atoms. The fourth-order valence-corrected chi connectivity index (χ4v) is 3.72. The third-order valence-electron chi connectivity index (χ3n) is 3.46. The molecule has 0 fully saturated rings. The third-order valence-corrected chi connectivity index (χ3v) is 5.01. The zero-order valence-corrected chi connectivity index (χ0v) is 14.1. The molecule has 2 heterocycles. The van der Waals surface area contributed by atoms with Gasteiger partial charge in [0.15, 0.2) is 0 Å². The molecular formula is C15H22ClN3S. The first-order chi connectivity index (χ1) is 9.56. The van der Waals surface area contributed by atoms with Crippen LogP contribution < -0.4 is 5.32 Å². The van der Waals surface area contributed by atoms with Crippen molar-refractivity contribution in [2.75, 3.05) is 6.54 Å². The van der Waals surface area contributed by atoms with Gasteiger partial charge in [0.1, 0.15) is 0 Å². The Bertz CT molecular complexity index is 574. The zero-order valence-electron chi connectivity index (χ0n) is 12.5. The van der Waals surface area contributed by atoms with Crippen LogP contribution in [0.3, 0.4) is 0 Å². The van der Waals surface area contributed by atoms with Crippen LogP contribution in [0.25, 0.3) is 0 Å². The van der Waals surface area contributed by atoms with E-state index in [2.05, 4.69) is 43.3 Å². The van der Waals surface area contributed by atoms with E-state index in [9.17, 15) is 0 Å². The Morgan fingerprint density at radius 3 is 2.65 bits per heavy atom. The highest BCUT2D eigenvalue weighted by Crippen LogP contribution is 2.29. The van der Waals surface area contributed by atoms with E-state index in [4.69, 9.17) is 11.6 Å². The fraction of sp³-hybridized carbons (Fsp3) is 0.533. The molecule has 0 bridgehead atoms. The summed E-state index contributed by atoms with van der Waals surface area (Å²) in [6, 6.07) is 4.68. The number of halogens is 1. The Balaban J connectivity index is 2.26. The molecule has 0 saturated carbocycles. The van der Waals surface area contributed by atoms with Crippen molar-refractivity contribution < 1.29 is 0 Å². The quantitative estimate of drug-likeness (QED) is 0.877. The third kappa shape index (κ3) is 3.25. The highest BCUT2D eigenvalue weighted by molar-refractivity contribution is 7.12. The van der Waals surface area contributed by atoms with Gasteiger partial charge in [-0.15, -0.1) is 11.3 Å². The minimum Gasteiger partial charge on any atom is -0.309 e. The predicted molar refractivity (Wildman–Crippen MR) is 86.8 cm³/mol. The lowest BCUT2D eigenvalue weighted by Gasteiger charge is -2.16. The SMILES string of the molecule is CCNC(Cc1c(Cl)c(CC)nn1C)c1ccc(C)s1. The predicted octanol–water partition coefficient (Wildman–Crippen LogP) is 3.90. The minimum atomic E-state index is 0.302.